The minimum absolute atomic E-state index is 0.00270. The number of nitrogens with zero attached hydrogens (tertiary/aromatic N) is 3. The summed E-state index contributed by atoms with van der Waals surface area (Å²) in [7, 11) is -4.09. The minimum atomic E-state index is -4.09. The maximum absolute atomic E-state index is 13.9. The Labute approximate surface area is 286 Å². The number of aliphatic hydroxyl groups is 1. The summed E-state index contributed by atoms with van der Waals surface area (Å²) in [5, 5.41) is 20.0. The van der Waals surface area contributed by atoms with Gasteiger partial charge in [0.2, 0.25) is 15.9 Å². The number of hydrogen-bond donors (Lipinski definition) is 4. The van der Waals surface area contributed by atoms with Gasteiger partial charge in [0, 0.05) is 31.4 Å². The average molecular weight is 691 g/mol. The van der Waals surface area contributed by atoms with E-state index in [1.807, 2.05) is 62.4 Å². The molecule has 3 aromatic carbocycles. The molecule has 13 nitrogen and oxygen atoms in total. The van der Waals surface area contributed by atoms with Crippen LogP contribution in [-0.4, -0.2) is 71.1 Å². The quantitative estimate of drug-likeness (QED) is 0.113. The molecule has 0 radical (unpaired) electrons. The fourth-order valence-electron chi connectivity index (χ4n) is 5.17. The second-order valence-electron chi connectivity index (χ2n) is 12.1. The zero-order chi connectivity index (χ0) is 35.2. The summed E-state index contributed by atoms with van der Waals surface area (Å²) in [5.41, 5.74) is 2.71. The number of aromatic amines is 1. The fourth-order valence-corrected chi connectivity index (χ4v) is 6.79. The molecule has 49 heavy (non-hydrogen) atoms. The number of hydrogen-bond acceptors (Lipinski definition) is 9. The zero-order valence-corrected chi connectivity index (χ0v) is 28.3. The number of nitroso groups, excluding NO2 is 1. The molecule has 0 fully saturated rings. The van der Waals surface area contributed by atoms with E-state index >= 15 is 0 Å². The van der Waals surface area contributed by atoms with Gasteiger partial charge in [-0.3, -0.25) is 4.79 Å². The Kier molecular flexibility index (Phi) is 13.6. The van der Waals surface area contributed by atoms with Gasteiger partial charge in [-0.15, -0.1) is 0 Å². The van der Waals surface area contributed by atoms with E-state index in [1.54, 1.807) is 12.1 Å². The molecule has 0 aliphatic carbocycles. The number of amides is 2. The van der Waals surface area contributed by atoms with Crippen molar-refractivity contribution >= 4 is 22.0 Å². The number of aromatic nitrogens is 2. The van der Waals surface area contributed by atoms with E-state index in [2.05, 4.69) is 25.8 Å². The van der Waals surface area contributed by atoms with Gasteiger partial charge < -0.3 is 25.5 Å². The Hall–Kier alpha value is -4.92. The molecule has 4 rings (SSSR count). The van der Waals surface area contributed by atoms with Crippen molar-refractivity contribution in [2.45, 2.75) is 62.9 Å². The molecule has 0 aliphatic rings. The van der Waals surface area contributed by atoms with Crippen LogP contribution >= 0.6 is 0 Å². The summed E-state index contributed by atoms with van der Waals surface area (Å²) in [6.07, 6.45) is 1.04. The Morgan fingerprint density at radius 2 is 1.55 bits per heavy atom. The van der Waals surface area contributed by atoms with Crippen LogP contribution < -0.4 is 10.6 Å². The highest BCUT2D eigenvalue weighted by molar-refractivity contribution is 7.89. The second kappa shape index (κ2) is 18.0. The predicted octanol–water partition coefficient (Wildman–Crippen LogP) is 3.95. The van der Waals surface area contributed by atoms with Crippen molar-refractivity contribution in [3.63, 3.8) is 0 Å². The average Bonchev–Trinajstić information content (AvgIpc) is 3.61. The van der Waals surface area contributed by atoms with E-state index in [-0.39, 0.29) is 49.9 Å². The summed E-state index contributed by atoms with van der Waals surface area (Å²) < 4.78 is 34.2. The Balaban J connectivity index is 1.56. The number of alkyl carbamates (subject to hydrolysis) is 1. The highest BCUT2D eigenvalue weighted by Crippen LogP contribution is 2.20. The van der Waals surface area contributed by atoms with Crippen LogP contribution in [0.25, 0.3) is 0 Å². The van der Waals surface area contributed by atoms with Crippen molar-refractivity contribution in [3.05, 3.63) is 125 Å². The third-order valence-electron chi connectivity index (χ3n) is 7.66. The van der Waals surface area contributed by atoms with Gasteiger partial charge in [-0.1, -0.05) is 91.8 Å². The smallest absolute Gasteiger partial charge is 0.408 e. The van der Waals surface area contributed by atoms with Crippen LogP contribution in [0.15, 0.2) is 108 Å². The van der Waals surface area contributed by atoms with Crippen molar-refractivity contribution in [2.75, 3.05) is 13.1 Å². The summed E-state index contributed by atoms with van der Waals surface area (Å²) >= 11 is 0. The molecule has 2 amide bonds. The highest BCUT2D eigenvalue weighted by atomic mass is 32.2. The molecule has 1 heterocycles. The molecule has 0 saturated heterocycles. The van der Waals surface area contributed by atoms with Gasteiger partial charge in [0.25, 0.3) is 0 Å². The van der Waals surface area contributed by atoms with Crippen molar-refractivity contribution < 1.29 is 27.9 Å². The lowest BCUT2D eigenvalue weighted by Crippen LogP contribution is -2.56. The number of benzene rings is 3. The van der Waals surface area contributed by atoms with Gasteiger partial charge in [0.1, 0.15) is 19.2 Å². The number of sulfonamides is 1. The topological polar surface area (TPSA) is 183 Å². The molecule has 0 spiro atoms. The third-order valence-corrected chi connectivity index (χ3v) is 9.50. The molecule has 1 aromatic heterocycles. The molecule has 3 atom stereocenters. The van der Waals surface area contributed by atoms with Crippen molar-refractivity contribution in [3.8, 4) is 0 Å². The molecular formula is C35H42N6O7S. The molecule has 0 bridgehead atoms. The molecule has 0 unspecified atom stereocenters. The number of rotatable bonds is 18. The lowest BCUT2D eigenvalue weighted by Gasteiger charge is -2.31. The van der Waals surface area contributed by atoms with E-state index in [1.165, 1.54) is 41.1 Å². The minimum Gasteiger partial charge on any atom is -0.445 e. The number of imidazole rings is 1. The Morgan fingerprint density at radius 1 is 0.898 bits per heavy atom. The fraction of sp³-hybridized carbons (Fsp3) is 0.343. The highest BCUT2D eigenvalue weighted by Gasteiger charge is 2.33. The first-order chi connectivity index (χ1) is 23.5. The molecule has 4 N–H and O–H groups in total. The van der Waals surface area contributed by atoms with Crippen molar-refractivity contribution in [1.82, 2.24) is 24.9 Å². The second-order valence-corrected chi connectivity index (χ2v) is 14.0. The van der Waals surface area contributed by atoms with Gasteiger partial charge in [0.15, 0.2) is 0 Å². The van der Waals surface area contributed by atoms with Crippen LogP contribution in [0.5, 0.6) is 0 Å². The van der Waals surface area contributed by atoms with Gasteiger partial charge in [0.05, 0.1) is 23.4 Å². The van der Waals surface area contributed by atoms with Gasteiger partial charge in [-0.2, -0.15) is 9.21 Å². The largest absolute Gasteiger partial charge is 0.445 e. The number of H-pyrrole nitrogens is 1. The zero-order valence-electron chi connectivity index (χ0n) is 27.4. The number of ether oxygens (including phenoxy) is 1. The van der Waals surface area contributed by atoms with Crippen LogP contribution in [0.1, 0.15) is 36.2 Å². The van der Waals surface area contributed by atoms with E-state index < -0.39 is 40.2 Å². The van der Waals surface area contributed by atoms with Crippen LogP contribution in [0.2, 0.25) is 0 Å². The van der Waals surface area contributed by atoms with Crippen LogP contribution in [-0.2, 0) is 45.5 Å². The van der Waals surface area contributed by atoms with Crippen LogP contribution in [0.3, 0.4) is 0 Å². The lowest BCUT2D eigenvalue weighted by molar-refractivity contribution is -0.124. The van der Waals surface area contributed by atoms with Crippen molar-refractivity contribution in [1.29, 1.82) is 0 Å². The van der Waals surface area contributed by atoms with Crippen LogP contribution in [0.4, 0.5) is 4.79 Å². The van der Waals surface area contributed by atoms with E-state index in [4.69, 9.17) is 4.74 Å². The molecular weight excluding hydrogens is 648 g/mol. The maximum atomic E-state index is 13.9. The first kappa shape index (κ1) is 36.9. The first-order valence-corrected chi connectivity index (χ1v) is 17.3. The SMILES string of the molecule is CC(C)CN(C[C@@H](O)[C@H](Cc1ccccc1)NC(=O)[C@H](Cc1cnc[nH]1)NC(=O)OCc1ccccc1)S(=O)(=O)c1ccc(CN=O)cc1. The standard InChI is InChI=1S/C35H42N6O7S/c1-25(2)21-41(49(46,47)30-15-13-27(14-16-30)19-38-45)22-33(42)31(17-26-9-5-3-6-10-26)39-34(43)32(18-29-20-36-24-37-29)40-35(44)48-23-28-11-7-4-8-12-28/h3-16,20,24-25,31-33,42H,17-19,21-23H2,1-2H3,(H,36,37)(H,39,43)(H,40,44)/t31-,32-,33+/m0/s1. The third kappa shape index (κ3) is 11.3. The van der Waals surface area contributed by atoms with Crippen LogP contribution in [0, 0.1) is 10.8 Å². The number of nitrogens with one attached hydrogen (secondary N) is 3. The normalized spacial score (nSPS) is 13.4. The van der Waals surface area contributed by atoms with Crippen molar-refractivity contribution in [2.24, 2.45) is 11.1 Å². The Bertz CT molecular complexity index is 1720. The summed E-state index contributed by atoms with van der Waals surface area (Å²) in [6, 6.07) is 22.0. The number of carbonyl (C=O) groups is 2. The summed E-state index contributed by atoms with van der Waals surface area (Å²) in [5.74, 6) is -0.698. The van der Waals surface area contributed by atoms with E-state index in [9.17, 15) is 28.0 Å². The van der Waals surface area contributed by atoms with E-state index in [0.29, 0.717) is 11.3 Å². The molecule has 0 saturated carbocycles. The Morgan fingerprint density at radius 3 is 2.14 bits per heavy atom. The summed E-state index contributed by atoms with van der Waals surface area (Å²) in [6.45, 7) is 3.40. The maximum Gasteiger partial charge on any atom is 0.408 e. The summed E-state index contributed by atoms with van der Waals surface area (Å²) in [4.78, 5) is 44.3. The molecule has 0 aliphatic heterocycles. The van der Waals surface area contributed by atoms with E-state index in [0.717, 1.165) is 11.1 Å². The van der Waals surface area contributed by atoms with Gasteiger partial charge >= 0.3 is 6.09 Å². The molecule has 14 heteroatoms. The monoisotopic (exact) mass is 690 g/mol. The first-order valence-electron chi connectivity index (χ1n) is 15.9. The predicted molar refractivity (Wildman–Crippen MR) is 183 cm³/mol. The van der Waals surface area contributed by atoms with Gasteiger partial charge in [-0.25, -0.2) is 18.2 Å². The lowest BCUT2D eigenvalue weighted by atomic mass is 10.00. The molecule has 4 aromatic rings. The number of carbonyl (C=O) groups excluding carboxylic acids is 2. The number of aliphatic hydroxyl groups excluding tert-OH is 1. The molecule has 260 valence electrons. The van der Waals surface area contributed by atoms with Gasteiger partial charge in [-0.05, 0) is 41.2 Å².